The predicted octanol–water partition coefficient (Wildman–Crippen LogP) is 2.43. The van der Waals surface area contributed by atoms with Gasteiger partial charge in [0.15, 0.2) is 5.78 Å². The van der Waals surface area contributed by atoms with Crippen LogP contribution in [0.25, 0.3) is 6.08 Å². The number of aliphatic hydroxyl groups is 1. The summed E-state index contributed by atoms with van der Waals surface area (Å²) in [4.78, 5) is 13.5. The van der Waals surface area contributed by atoms with E-state index in [0.717, 1.165) is 5.69 Å². The van der Waals surface area contributed by atoms with Crippen molar-refractivity contribution in [1.29, 1.82) is 0 Å². The van der Waals surface area contributed by atoms with Gasteiger partial charge in [-0.15, -0.1) is 0 Å². The number of carbonyl (C=O) groups excluding carboxylic acids is 1. The predicted molar refractivity (Wildman–Crippen MR) is 110 cm³/mol. The molecule has 1 saturated heterocycles. The monoisotopic (exact) mass is 420 g/mol. The minimum atomic E-state index is -3.62. The van der Waals surface area contributed by atoms with Crippen molar-refractivity contribution in [3.05, 3.63) is 65.2 Å². The van der Waals surface area contributed by atoms with E-state index in [9.17, 15) is 13.2 Å². The fourth-order valence-electron chi connectivity index (χ4n) is 3.01. The van der Waals surface area contributed by atoms with Crippen LogP contribution in [0.1, 0.15) is 5.56 Å². The van der Waals surface area contributed by atoms with Crippen LogP contribution in [0, 0.1) is 0 Å². The molecule has 1 fully saturated rings. The first-order chi connectivity index (χ1) is 13.4. The van der Waals surface area contributed by atoms with Gasteiger partial charge in [-0.2, -0.15) is 4.31 Å². The number of sulfonamides is 1. The van der Waals surface area contributed by atoms with E-state index in [1.54, 1.807) is 18.2 Å². The summed E-state index contributed by atoms with van der Waals surface area (Å²) in [6.45, 7) is 1.37. The molecule has 1 aliphatic rings. The average Bonchev–Trinajstić information content (AvgIpc) is 2.73. The molecule has 0 bridgehead atoms. The lowest BCUT2D eigenvalue weighted by Gasteiger charge is -2.35. The van der Waals surface area contributed by atoms with Crippen LogP contribution < -0.4 is 4.90 Å². The van der Waals surface area contributed by atoms with Crippen molar-refractivity contribution in [3.63, 3.8) is 0 Å². The largest absolute Gasteiger partial charge is 0.388 e. The van der Waals surface area contributed by atoms with Gasteiger partial charge in [-0.25, -0.2) is 8.42 Å². The van der Waals surface area contributed by atoms with Gasteiger partial charge in [-0.1, -0.05) is 29.8 Å². The molecule has 1 aliphatic heterocycles. The number of rotatable bonds is 6. The molecular formula is C20H21ClN2O4S. The number of halogens is 1. The van der Waals surface area contributed by atoms with Gasteiger partial charge < -0.3 is 10.0 Å². The molecule has 2 aromatic carbocycles. The quantitative estimate of drug-likeness (QED) is 0.726. The van der Waals surface area contributed by atoms with Crippen LogP contribution in [0.5, 0.6) is 0 Å². The zero-order valence-corrected chi connectivity index (χ0v) is 16.7. The highest BCUT2D eigenvalue weighted by molar-refractivity contribution is 7.89. The van der Waals surface area contributed by atoms with Crippen molar-refractivity contribution in [2.24, 2.45) is 0 Å². The number of ketones is 1. The van der Waals surface area contributed by atoms with Crippen LogP contribution in [0.4, 0.5) is 5.69 Å². The molecule has 2 aromatic rings. The first-order valence-corrected chi connectivity index (χ1v) is 10.6. The third kappa shape index (κ3) is 4.80. The maximum Gasteiger partial charge on any atom is 0.243 e. The van der Waals surface area contributed by atoms with Crippen LogP contribution in [0.2, 0.25) is 5.02 Å². The van der Waals surface area contributed by atoms with E-state index in [0.29, 0.717) is 36.8 Å². The Kier molecular flexibility index (Phi) is 6.51. The number of benzene rings is 2. The number of carbonyl (C=O) groups is 1. The fraction of sp³-hybridized carbons (Fsp3) is 0.250. The van der Waals surface area contributed by atoms with Gasteiger partial charge in [-0.05, 0) is 48.0 Å². The number of anilines is 1. The summed E-state index contributed by atoms with van der Waals surface area (Å²) in [7, 11) is -3.62. The van der Waals surface area contributed by atoms with Gasteiger partial charge in [0.05, 0.1) is 4.90 Å². The second-order valence-corrected chi connectivity index (χ2v) is 8.77. The van der Waals surface area contributed by atoms with Crippen molar-refractivity contribution in [2.75, 3.05) is 37.7 Å². The van der Waals surface area contributed by atoms with E-state index in [4.69, 9.17) is 16.7 Å². The highest BCUT2D eigenvalue weighted by Gasteiger charge is 2.28. The van der Waals surface area contributed by atoms with Gasteiger partial charge in [0.2, 0.25) is 10.0 Å². The third-order valence-electron chi connectivity index (χ3n) is 4.54. The molecule has 0 amide bonds. The Balaban J connectivity index is 1.71. The molecule has 8 heteroatoms. The van der Waals surface area contributed by atoms with Crippen molar-refractivity contribution in [2.45, 2.75) is 4.90 Å². The normalized spacial score (nSPS) is 15.9. The van der Waals surface area contributed by atoms with E-state index in [-0.39, 0.29) is 4.90 Å². The van der Waals surface area contributed by atoms with E-state index >= 15 is 0 Å². The highest BCUT2D eigenvalue weighted by atomic mass is 35.5. The van der Waals surface area contributed by atoms with Crippen molar-refractivity contribution in [1.82, 2.24) is 4.31 Å². The summed E-state index contributed by atoms with van der Waals surface area (Å²) in [5.74, 6) is -0.438. The minimum Gasteiger partial charge on any atom is -0.388 e. The second kappa shape index (κ2) is 8.87. The van der Waals surface area contributed by atoms with Gasteiger partial charge >= 0.3 is 0 Å². The van der Waals surface area contributed by atoms with Crippen LogP contribution in [-0.4, -0.2) is 56.4 Å². The summed E-state index contributed by atoms with van der Waals surface area (Å²) in [6, 6.07) is 13.9. The molecular weight excluding hydrogens is 400 g/mol. The standard InChI is InChI=1S/C20H21ClN2O4S/c21-17-5-7-18(8-6-17)22-10-12-23(13-11-22)28(26,27)20-3-1-2-16(14-20)4-9-19(25)15-24/h1-9,14,24H,10-13,15H2/b9-4+. The minimum absolute atomic E-state index is 0.186. The molecule has 0 spiro atoms. The lowest BCUT2D eigenvalue weighted by atomic mass is 10.2. The molecule has 6 nitrogen and oxygen atoms in total. The molecule has 1 heterocycles. The number of nitrogens with zero attached hydrogens (tertiary/aromatic N) is 2. The van der Waals surface area contributed by atoms with Crippen LogP contribution in [0.15, 0.2) is 59.5 Å². The second-order valence-electron chi connectivity index (χ2n) is 6.40. The van der Waals surface area contributed by atoms with E-state index in [1.807, 2.05) is 24.3 Å². The number of aliphatic hydroxyl groups excluding tert-OH is 1. The molecule has 0 radical (unpaired) electrons. The van der Waals surface area contributed by atoms with Gasteiger partial charge in [-0.3, -0.25) is 4.79 Å². The topological polar surface area (TPSA) is 77.9 Å². The van der Waals surface area contributed by atoms with E-state index in [2.05, 4.69) is 4.90 Å². The molecule has 0 atom stereocenters. The molecule has 0 saturated carbocycles. The summed E-state index contributed by atoms with van der Waals surface area (Å²) < 4.78 is 27.4. The van der Waals surface area contributed by atoms with Crippen LogP contribution in [-0.2, 0) is 14.8 Å². The molecule has 0 unspecified atom stereocenters. The Bertz CT molecular complexity index is 966. The van der Waals surface area contributed by atoms with Gasteiger partial charge in [0.1, 0.15) is 6.61 Å². The molecule has 3 rings (SSSR count). The van der Waals surface area contributed by atoms with Crippen molar-refractivity contribution in [3.8, 4) is 0 Å². The van der Waals surface area contributed by atoms with Gasteiger partial charge in [0.25, 0.3) is 0 Å². The summed E-state index contributed by atoms with van der Waals surface area (Å²) in [5.41, 5.74) is 1.60. The molecule has 0 aromatic heterocycles. The fourth-order valence-corrected chi connectivity index (χ4v) is 4.61. The van der Waals surface area contributed by atoms with Crippen molar-refractivity contribution >= 4 is 39.2 Å². The van der Waals surface area contributed by atoms with Gasteiger partial charge in [0, 0.05) is 36.9 Å². The Labute approximate surface area is 169 Å². The maximum atomic E-state index is 13.0. The van der Waals surface area contributed by atoms with E-state index in [1.165, 1.54) is 22.5 Å². The third-order valence-corrected chi connectivity index (χ3v) is 6.69. The van der Waals surface area contributed by atoms with Crippen molar-refractivity contribution < 1.29 is 18.3 Å². The van der Waals surface area contributed by atoms with Crippen LogP contribution >= 0.6 is 11.6 Å². The number of piperazine rings is 1. The maximum absolute atomic E-state index is 13.0. The lowest BCUT2D eigenvalue weighted by Crippen LogP contribution is -2.48. The average molecular weight is 421 g/mol. The molecule has 148 valence electrons. The number of hydrogen-bond acceptors (Lipinski definition) is 5. The summed E-state index contributed by atoms with van der Waals surface area (Å²) in [6.07, 6.45) is 2.73. The zero-order chi connectivity index (χ0) is 20.1. The highest BCUT2D eigenvalue weighted by Crippen LogP contribution is 2.23. The Hall–Kier alpha value is -2.19. The Morgan fingerprint density at radius 3 is 2.39 bits per heavy atom. The summed E-state index contributed by atoms with van der Waals surface area (Å²) in [5, 5.41) is 9.44. The SMILES string of the molecule is O=C(/C=C/c1cccc(S(=O)(=O)N2CCN(c3ccc(Cl)cc3)CC2)c1)CO. The summed E-state index contributed by atoms with van der Waals surface area (Å²) >= 11 is 5.92. The first-order valence-electron chi connectivity index (χ1n) is 8.82. The zero-order valence-electron chi connectivity index (χ0n) is 15.2. The molecule has 0 aliphatic carbocycles. The van der Waals surface area contributed by atoms with E-state index < -0.39 is 22.4 Å². The molecule has 28 heavy (non-hydrogen) atoms. The number of hydrogen-bond donors (Lipinski definition) is 1. The Morgan fingerprint density at radius 1 is 1.07 bits per heavy atom. The lowest BCUT2D eigenvalue weighted by molar-refractivity contribution is -0.117. The smallest absolute Gasteiger partial charge is 0.243 e. The first kappa shape index (κ1) is 20.5. The molecule has 1 N–H and O–H groups in total. The Morgan fingerprint density at radius 2 is 1.75 bits per heavy atom. The van der Waals surface area contributed by atoms with Crippen LogP contribution in [0.3, 0.4) is 0 Å².